The molecule has 7 atom stereocenters. The van der Waals surface area contributed by atoms with Gasteiger partial charge in [-0.1, -0.05) is 26.0 Å². The van der Waals surface area contributed by atoms with Crippen molar-refractivity contribution in [2.75, 3.05) is 13.7 Å². The molecule has 2 aliphatic heterocycles. The number of ether oxygens (including phenoxy) is 3. The number of hydrogen-bond donors (Lipinski definition) is 4. The van der Waals surface area contributed by atoms with E-state index in [-0.39, 0.29) is 37.3 Å². The van der Waals surface area contributed by atoms with Crippen LogP contribution in [0, 0.1) is 17.8 Å². The highest BCUT2D eigenvalue weighted by Crippen LogP contribution is 2.46. The van der Waals surface area contributed by atoms with E-state index in [2.05, 4.69) is 15.4 Å². The number of sulfonamides is 1. The van der Waals surface area contributed by atoms with Crippen molar-refractivity contribution in [2.24, 2.45) is 17.8 Å². The van der Waals surface area contributed by atoms with Crippen molar-refractivity contribution < 1.29 is 46.9 Å². The topological polar surface area (TPSA) is 203 Å². The van der Waals surface area contributed by atoms with Gasteiger partial charge in [0.25, 0.3) is 5.91 Å². The van der Waals surface area contributed by atoms with Crippen LogP contribution in [0.2, 0.25) is 0 Å². The number of carbonyl (C=O) groups is 4. The molecule has 316 valence electrons. The lowest BCUT2D eigenvalue weighted by Crippen LogP contribution is -2.59. The Bertz CT molecular complexity index is 2240. The molecule has 15 nitrogen and oxygen atoms in total. The summed E-state index contributed by atoms with van der Waals surface area (Å²) in [6.45, 7) is 7.64. The number of amides is 4. The summed E-state index contributed by atoms with van der Waals surface area (Å²) >= 11 is 0. The predicted molar refractivity (Wildman–Crippen MR) is 219 cm³/mol. The fraction of sp³-hybridized carbons (Fsp3) is 0.512. The summed E-state index contributed by atoms with van der Waals surface area (Å²) in [6, 6.07) is 12.5. The first-order valence-corrected chi connectivity index (χ1v) is 21.9. The summed E-state index contributed by atoms with van der Waals surface area (Å²) in [4.78, 5) is 61.3. The number of hydrogen-bond acceptors (Lipinski definition) is 10. The minimum absolute atomic E-state index is 0.00244. The molecule has 16 heteroatoms. The van der Waals surface area contributed by atoms with Gasteiger partial charge in [0.05, 0.1) is 30.7 Å². The number of carboxylic acid groups (broad SMARTS) is 1. The summed E-state index contributed by atoms with van der Waals surface area (Å²) in [5.41, 5.74) is -0.174. The van der Waals surface area contributed by atoms with Gasteiger partial charge in [0.2, 0.25) is 27.7 Å². The van der Waals surface area contributed by atoms with Crippen molar-refractivity contribution >= 4 is 44.6 Å². The van der Waals surface area contributed by atoms with Crippen LogP contribution in [0.5, 0.6) is 17.4 Å². The highest BCUT2D eigenvalue weighted by molar-refractivity contribution is 7.91. The maximum Gasteiger partial charge on any atom is 0.405 e. The molecule has 4 amide bonds. The van der Waals surface area contributed by atoms with Crippen LogP contribution in [0.3, 0.4) is 0 Å². The number of nitrogens with zero attached hydrogens (tertiary/aromatic N) is 2. The maximum atomic E-state index is 14.6. The third-order valence-corrected chi connectivity index (χ3v) is 13.5. The molecule has 0 radical (unpaired) electrons. The largest absolute Gasteiger partial charge is 0.497 e. The molecule has 2 saturated carbocycles. The van der Waals surface area contributed by atoms with Gasteiger partial charge in [0.1, 0.15) is 35.2 Å². The van der Waals surface area contributed by atoms with Crippen molar-refractivity contribution in [3.05, 3.63) is 60.7 Å². The van der Waals surface area contributed by atoms with E-state index >= 15 is 0 Å². The Labute approximate surface area is 344 Å². The van der Waals surface area contributed by atoms with Crippen LogP contribution in [0.15, 0.2) is 60.7 Å². The molecule has 3 aromatic rings. The number of pyridine rings is 1. The molecule has 7 rings (SSSR count). The number of carbonyl (C=O) groups excluding carboxylic acids is 3. The molecule has 4 aliphatic rings. The zero-order valence-corrected chi connectivity index (χ0v) is 34.8. The molecular formula is C43H53N5O10S. The van der Waals surface area contributed by atoms with E-state index in [1.807, 2.05) is 82.3 Å². The Balaban J connectivity index is 1.24. The number of benzene rings is 2. The number of aromatic nitrogens is 1. The van der Waals surface area contributed by atoms with Crippen LogP contribution in [0.25, 0.3) is 22.0 Å². The molecule has 0 unspecified atom stereocenters. The van der Waals surface area contributed by atoms with E-state index in [1.54, 1.807) is 13.2 Å². The van der Waals surface area contributed by atoms with Gasteiger partial charge in [-0.2, -0.15) is 0 Å². The molecule has 2 aliphatic carbocycles. The van der Waals surface area contributed by atoms with E-state index in [4.69, 9.17) is 19.2 Å². The minimum Gasteiger partial charge on any atom is -0.497 e. The summed E-state index contributed by atoms with van der Waals surface area (Å²) in [6.07, 6.45) is 4.56. The zero-order chi connectivity index (χ0) is 42.2. The van der Waals surface area contributed by atoms with E-state index in [0.29, 0.717) is 48.3 Å². The van der Waals surface area contributed by atoms with Crippen LogP contribution >= 0.6 is 0 Å². The summed E-state index contributed by atoms with van der Waals surface area (Å²) in [5.74, 6) is -1.32. The first kappa shape index (κ1) is 41.8. The summed E-state index contributed by atoms with van der Waals surface area (Å²) < 4.78 is 46.0. The Morgan fingerprint density at radius 1 is 1.02 bits per heavy atom. The third kappa shape index (κ3) is 9.27. The van der Waals surface area contributed by atoms with Crippen molar-refractivity contribution in [1.29, 1.82) is 0 Å². The van der Waals surface area contributed by atoms with Crippen LogP contribution in [0.1, 0.15) is 72.6 Å². The van der Waals surface area contributed by atoms with Crippen molar-refractivity contribution in [3.8, 4) is 28.6 Å². The van der Waals surface area contributed by atoms with Crippen LogP contribution in [0.4, 0.5) is 4.79 Å². The summed E-state index contributed by atoms with van der Waals surface area (Å²) in [7, 11) is -2.36. The van der Waals surface area contributed by atoms with E-state index in [9.17, 15) is 32.7 Å². The van der Waals surface area contributed by atoms with Gasteiger partial charge in [0, 0.05) is 23.3 Å². The van der Waals surface area contributed by atoms with Gasteiger partial charge in [-0.15, -0.1) is 0 Å². The SMILES string of the molecule is COc1ccc2c(O[C@@H]3C[C@H]4C(=O)N[C@]5(C(=O)NS(=O)(=O)C6CC6)C[C@H]5C=CCC[C@@H](C)C[C@@H](C)[C@H](NC(=O)O)C(=O)N4C3)nc(-c3ccc(OC(C)C)cc3)cc2c1. The lowest BCUT2D eigenvalue weighted by molar-refractivity contribution is -0.142. The Morgan fingerprint density at radius 3 is 2.42 bits per heavy atom. The quantitative estimate of drug-likeness (QED) is 0.196. The Hall–Kier alpha value is -5.38. The first-order valence-electron chi connectivity index (χ1n) is 20.3. The second-order valence-electron chi connectivity index (χ2n) is 16.8. The lowest BCUT2D eigenvalue weighted by Gasteiger charge is -2.32. The van der Waals surface area contributed by atoms with Gasteiger partial charge < -0.3 is 34.9 Å². The van der Waals surface area contributed by atoms with Crippen molar-refractivity contribution in [3.63, 3.8) is 0 Å². The molecule has 1 saturated heterocycles. The van der Waals surface area contributed by atoms with Gasteiger partial charge in [-0.05, 0) is 118 Å². The van der Waals surface area contributed by atoms with Crippen molar-refractivity contribution in [1.82, 2.24) is 25.2 Å². The third-order valence-electron chi connectivity index (χ3n) is 11.7. The fourth-order valence-electron chi connectivity index (χ4n) is 8.33. The Kier molecular flexibility index (Phi) is 11.8. The van der Waals surface area contributed by atoms with Crippen molar-refractivity contribution in [2.45, 2.75) is 108 Å². The average Bonchev–Trinajstić information content (AvgIpc) is 4.11. The summed E-state index contributed by atoms with van der Waals surface area (Å²) in [5, 5.41) is 15.9. The predicted octanol–water partition coefficient (Wildman–Crippen LogP) is 5.18. The second-order valence-corrected chi connectivity index (χ2v) is 18.7. The van der Waals surface area contributed by atoms with Gasteiger partial charge >= 0.3 is 6.09 Å². The normalized spacial score (nSPS) is 27.5. The number of methoxy groups -OCH3 is 1. The molecule has 1 aromatic heterocycles. The van der Waals surface area contributed by atoms with Crippen LogP contribution in [-0.2, 0) is 24.4 Å². The monoisotopic (exact) mass is 831 g/mol. The molecule has 3 fully saturated rings. The highest BCUT2D eigenvalue weighted by Gasteiger charge is 2.62. The standard InChI is InChI=1S/C43H53N5O10S/c1-24(2)57-30-12-10-27(11-13-30)35-20-28-19-31(56-5)14-17-34(28)39(44-35)58-32-21-36-38(49)46-43(41(51)47-59(54,55)33-15-16-33)22-29(43)9-7-6-8-25(3)18-26(4)37(45-42(52)53)40(50)48(36)23-32/h7,9-14,17,19-20,24-26,29,32-33,36-37,45H,6,8,15-16,18,21-23H2,1-5H3,(H,46,49)(H,47,51)(H,52,53)/t25-,26-,29-,32-,36+,37+,43-/m1/s1. The number of fused-ring (bicyclic) bond motifs is 3. The minimum atomic E-state index is -3.93. The van der Waals surface area contributed by atoms with Gasteiger partial charge in [-0.25, -0.2) is 18.2 Å². The number of rotatable bonds is 10. The molecule has 3 heterocycles. The average molecular weight is 832 g/mol. The fourth-order valence-corrected chi connectivity index (χ4v) is 9.70. The Morgan fingerprint density at radius 2 is 1.75 bits per heavy atom. The maximum absolute atomic E-state index is 14.6. The smallest absolute Gasteiger partial charge is 0.405 e. The van der Waals surface area contributed by atoms with Crippen LogP contribution in [-0.4, -0.2) is 96.0 Å². The zero-order valence-electron chi connectivity index (χ0n) is 34.0. The molecular weight excluding hydrogens is 779 g/mol. The second kappa shape index (κ2) is 16.7. The molecule has 0 bridgehead atoms. The molecule has 4 N–H and O–H groups in total. The molecule has 0 spiro atoms. The number of allylic oxidation sites excluding steroid dienone is 1. The van der Waals surface area contributed by atoms with E-state index < -0.39 is 74.7 Å². The van der Waals surface area contributed by atoms with E-state index in [1.165, 1.54) is 4.90 Å². The first-order chi connectivity index (χ1) is 28.1. The van der Waals surface area contributed by atoms with Gasteiger partial charge in [0.15, 0.2) is 0 Å². The van der Waals surface area contributed by atoms with Crippen LogP contribution < -0.4 is 29.6 Å². The van der Waals surface area contributed by atoms with E-state index in [0.717, 1.165) is 17.4 Å². The molecule has 59 heavy (non-hydrogen) atoms. The lowest BCUT2D eigenvalue weighted by atomic mass is 9.88. The molecule has 2 aromatic carbocycles. The number of nitrogens with one attached hydrogen (secondary N) is 3. The van der Waals surface area contributed by atoms with Gasteiger partial charge in [-0.3, -0.25) is 19.1 Å². The highest BCUT2D eigenvalue weighted by atomic mass is 32.2.